The van der Waals surface area contributed by atoms with Crippen LogP contribution in [0.1, 0.15) is 132 Å². The van der Waals surface area contributed by atoms with Crippen molar-refractivity contribution in [2.75, 3.05) is 0 Å². The number of hydrogen-bond donors (Lipinski definition) is 0. The fourth-order valence-electron chi connectivity index (χ4n) is 4.91. The zero-order valence-electron chi connectivity index (χ0n) is 29.4. The van der Waals surface area contributed by atoms with E-state index in [1.807, 2.05) is 48.5 Å². The summed E-state index contributed by atoms with van der Waals surface area (Å²) >= 11 is 0. The van der Waals surface area contributed by atoms with Crippen LogP contribution in [0.4, 0.5) is 0 Å². The molecule has 0 radical (unpaired) electrons. The molecule has 0 saturated carbocycles. The molecule has 0 bridgehead atoms. The summed E-state index contributed by atoms with van der Waals surface area (Å²) in [4.78, 5) is 0. The average molecular weight is 607 g/mol. The molecule has 4 nitrogen and oxygen atoms in total. The summed E-state index contributed by atoms with van der Waals surface area (Å²) in [6, 6.07) is 19.9. The van der Waals surface area contributed by atoms with Crippen LogP contribution in [0.15, 0.2) is 60.7 Å². The van der Waals surface area contributed by atoms with Crippen LogP contribution in [0.5, 0.6) is 17.2 Å². The Labute approximate surface area is 262 Å². The molecule has 3 aromatic carbocycles. The molecule has 0 N–H and O–H groups in total. The predicted molar refractivity (Wildman–Crippen MR) is 182 cm³/mol. The molecule has 236 valence electrons. The maximum atomic E-state index is 15.1. The van der Waals surface area contributed by atoms with Gasteiger partial charge in [0.15, 0.2) is 0 Å². The van der Waals surface area contributed by atoms with Gasteiger partial charge in [0.05, 0.1) is 0 Å². The minimum Gasteiger partial charge on any atom is -0.386 e. The van der Waals surface area contributed by atoms with Gasteiger partial charge in [0, 0.05) is 16.7 Å². The Morgan fingerprint density at radius 1 is 0.419 bits per heavy atom. The molecule has 0 heterocycles. The van der Waals surface area contributed by atoms with Crippen molar-refractivity contribution in [2.45, 2.75) is 131 Å². The van der Waals surface area contributed by atoms with Crippen LogP contribution < -0.4 is 13.6 Å². The van der Waals surface area contributed by atoms with Crippen LogP contribution in [0, 0.1) is 0 Å². The molecule has 0 saturated heterocycles. The van der Waals surface area contributed by atoms with Crippen molar-refractivity contribution in [1.29, 1.82) is 0 Å². The molecule has 0 unspecified atom stereocenters. The smallest absolute Gasteiger partial charge is 0.386 e. The Balaban J connectivity index is 2.26. The molecule has 0 amide bonds. The first-order chi connectivity index (χ1) is 19.3. The van der Waals surface area contributed by atoms with Gasteiger partial charge in [0.1, 0.15) is 17.2 Å². The topological polar surface area (TPSA) is 44.8 Å². The van der Waals surface area contributed by atoms with Crippen molar-refractivity contribution < 1.29 is 18.1 Å². The van der Waals surface area contributed by atoms with Crippen molar-refractivity contribution in [3.8, 4) is 17.2 Å². The van der Waals surface area contributed by atoms with Crippen molar-refractivity contribution in [3.05, 3.63) is 88.5 Å². The summed E-state index contributed by atoms with van der Waals surface area (Å²) in [5.41, 5.74) is 4.21. The molecular formula is C38H55O4P. The second kappa shape index (κ2) is 11.7. The highest BCUT2D eigenvalue weighted by Gasteiger charge is 2.39. The lowest BCUT2D eigenvalue weighted by atomic mass is 9.80. The molecule has 0 aromatic heterocycles. The molecule has 3 rings (SSSR count). The number of phosphoric acid groups is 1. The zero-order valence-corrected chi connectivity index (χ0v) is 30.2. The van der Waals surface area contributed by atoms with Crippen molar-refractivity contribution in [1.82, 2.24) is 0 Å². The highest BCUT2D eigenvalue weighted by Crippen LogP contribution is 2.54. The monoisotopic (exact) mass is 606 g/mol. The maximum Gasteiger partial charge on any atom is 0.647 e. The van der Waals surface area contributed by atoms with Crippen molar-refractivity contribution in [3.63, 3.8) is 0 Å². The normalized spacial score (nSPS) is 13.6. The van der Waals surface area contributed by atoms with Crippen LogP contribution in [-0.2, 0) is 31.6 Å². The average Bonchev–Trinajstić information content (AvgIpc) is 2.81. The maximum absolute atomic E-state index is 15.1. The van der Waals surface area contributed by atoms with Gasteiger partial charge >= 0.3 is 7.82 Å². The Bertz CT molecular complexity index is 1400. The highest BCUT2D eigenvalue weighted by atomic mass is 31.2. The van der Waals surface area contributed by atoms with Crippen LogP contribution in [-0.4, -0.2) is 0 Å². The lowest BCUT2D eigenvalue weighted by molar-refractivity contribution is 0.290. The fourth-order valence-corrected chi connectivity index (χ4v) is 6.22. The van der Waals surface area contributed by atoms with Crippen LogP contribution in [0.2, 0.25) is 0 Å². The Morgan fingerprint density at radius 2 is 0.744 bits per heavy atom. The van der Waals surface area contributed by atoms with Crippen LogP contribution in [0.3, 0.4) is 0 Å². The first-order valence-corrected chi connectivity index (χ1v) is 16.9. The lowest BCUT2D eigenvalue weighted by Crippen LogP contribution is -2.20. The van der Waals surface area contributed by atoms with E-state index in [9.17, 15) is 0 Å². The molecule has 0 aliphatic rings. The second-order valence-corrected chi connectivity index (χ2v) is 18.3. The van der Waals surface area contributed by atoms with E-state index >= 15 is 4.57 Å². The fraction of sp³-hybridized carbons (Fsp3) is 0.526. The number of phosphoric ester groups is 1. The van der Waals surface area contributed by atoms with E-state index in [1.165, 1.54) is 11.1 Å². The van der Waals surface area contributed by atoms with E-state index in [0.717, 1.165) is 16.7 Å². The van der Waals surface area contributed by atoms with E-state index in [2.05, 4.69) is 116 Å². The molecule has 0 spiro atoms. The molecule has 3 aromatic rings. The third-order valence-corrected chi connectivity index (χ3v) is 8.89. The number of benzene rings is 3. The predicted octanol–water partition coefficient (Wildman–Crippen LogP) is 11.8. The first-order valence-electron chi connectivity index (χ1n) is 15.4. The van der Waals surface area contributed by atoms with E-state index in [-0.39, 0.29) is 27.1 Å². The quantitative estimate of drug-likeness (QED) is 0.262. The van der Waals surface area contributed by atoms with E-state index in [4.69, 9.17) is 13.6 Å². The van der Waals surface area contributed by atoms with E-state index in [1.54, 1.807) is 0 Å². The van der Waals surface area contributed by atoms with Crippen LogP contribution >= 0.6 is 7.82 Å². The molecule has 5 heteroatoms. The Hall–Kier alpha value is -2.71. The summed E-state index contributed by atoms with van der Waals surface area (Å²) in [6.45, 7) is 32.2. The minimum absolute atomic E-state index is 0.0582. The van der Waals surface area contributed by atoms with Gasteiger partial charge in [-0.3, -0.25) is 0 Å². The SMILES string of the molecule is CC(C)(C)c1ccc(OP(=O)(Oc2ccccc2C(C)(C)C)Oc2ccc(C(C)(C)C)cc2C(C)(C)C)c(C(C)(C)C)c1. The van der Waals surface area contributed by atoms with Gasteiger partial charge in [-0.2, -0.15) is 4.57 Å². The number of hydrogen-bond acceptors (Lipinski definition) is 4. The summed E-state index contributed by atoms with van der Waals surface area (Å²) in [6.07, 6.45) is 0. The van der Waals surface area contributed by atoms with Crippen molar-refractivity contribution >= 4 is 7.82 Å². The standard InChI is InChI=1S/C38H55O4P/c1-34(2,3)26-20-22-32(29(24-26)37(10,11)12)41-43(39,40-31-19-17-16-18-28(31)36(7,8)9)42-33-23-21-27(35(4,5)6)25-30(33)38(13,14)15/h16-25H,1-15H3. The first kappa shape index (κ1) is 34.8. The van der Waals surface area contributed by atoms with Gasteiger partial charge in [0.2, 0.25) is 0 Å². The highest BCUT2D eigenvalue weighted by molar-refractivity contribution is 7.49. The molecule has 0 atom stereocenters. The van der Waals surface area contributed by atoms with Gasteiger partial charge in [0.25, 0.3) is 0 Å². The minimum atomic E-state index is -4.29. The second-order valence-electron chi connectivity index (χ2n) is 16.9. The van der Waals surface area contributed by atoms with Crippen LogP contribution in [0.25, 0.3) is 0 Å². The summed E-state index contributed by atoms with van der Waals surface area (Å²) in [5.74, 6) is 1.45. The van der Waals surface area contributed by atoms with E-state index in [0.29, 0.717) is 17.2 Å². The largest absolute Gasteiger partial charge is 0.647 e. The summed E-state index contributed by atoms with van der Waals surface area (Å²) in [5, 5.41) is 0. The Kier molecular flexibility index (Phi) is 9.43. The number of para-hydroxylation sites is 1. The summed E-state index contributed by atoms with van der Waals surface area (Å²) in [7, 11) is -4.29. The molecule has 0 aliphatic carbocycles. The third kappa shape index (κ3) is 8.69. The molecule has 0 fully saturated rings. The van der Waals surface area contributed by atoms with Gasteiger partial charge in [-0.25, -0.2) is 0 Å². The Morgan fingerprint density at radius 3 is 1.07 bits per heavy atom. The van der Waals surface area contributed by atoms with E-state index < -0.39 is 7.82 Å². The lowest BCUT2D eigenvalue weighted by Gasteiger charge is -2.31. The van der Waals surface area contributed by atoms with Gasteiger partial charge < -0.3 is 13.6 Å². The van der Waals surface area contributed by atoms with Gasteiger partial charge in [-0.1, -0.05) is 146 Å². The van der Waals surface area contributed by atoms with Crippen molar-refractivity contribution in [2.24, 2.45) is 0 Å². The molecular weight excluding hydrogens is 551 g/mol. The summed E-state index contributed by atoms with van der Waals surface area (Å²) < 4.78 is 34.4. The molecule has 0 aliphatic heterocycles. The zero-order chi connectivity index (χ0) is 32.8. The molecule has 43 heavy (non-hydrogen) atoms. The van der Waals surface area contributed by atoms with Gasteiger partial charge in [-0.05, 0) is 56.4 Å². The van der Waals surface area contributed by atoms with Gasteiger partial charge in [-0.15, -0.1) is 0 Å². The number of rotatable bonds is 6. The third-order valence-electron chi connectivity index (χ3n) is 7.63.